The molecule has 0 saturated carbocycles. The Hall–Kier alpha value is -2.83. The summed E-state index contributed by atoms with van der Waals surface area (Å²) in [4.78, 5) is 29.9. The van der Waals surface area contributed by atoms with Gasteiger partial charge in [0.1, 0.15) is 22.9 Å². The maximum absolute atomic E-state index is 12.9. The molecule has 2 rings (SSSR count). The molecule has 0 N–H and O–H groups in total. The molecule has 0 bridgehead atoms. The van der Waals surface area contributed by atoms with Crippen molar-refractivity contribution in [2.75, 3.05) is 6.61 Å². The van der Waals surface area contributed by atoms with Crippen LogP contribution in [-0.2, 0) is 27.1 Å². The predicted molar refractivity (Wildman–Crippen MR) is 114 cm³/mol. The Labute approximate surface area is 178 Å². The summed E-state index contributed by atoms with van der Waals surface area (Å²) in [5.74, 6) is 1.54. The average molecular weight is 417 g/mol. The number of ether oxygens (including phenoxy) is 2. The second-order valence-electron chi connectivity index (χ2n) is 8.10. The van der Waals surface area contributed by atoms with Gasteiger partial charge in [-0.05, 0) is 59.2 Å². The fourth-order valence-electron chi connectivity index (χ4n) is 2.89. The van der Waals surface area contributed by atoms with Crippen LogP contribution in [0.1, 0.15) is 70.5 Å². The zero-order valence-electron chi connectivity index (χ0n) is 18.8. The molecule has 0 atom stereocenters. The molecule has 0 aliphatic rings. The molecule has 0 spiro atoms. The molecule has 0 saturated heterocycles. The van der Waals surface area contributed by atoms with Gasteiger partial charge < -0.3 is 13.9 Å². The van der Waals surface area contributed by atoms with Gasteiger partial charge in [-0.3, -0.25) is 0 Å². The van der Waals surface area contributed by atoms with E-state index >= 15 is 0 Å². The SMILES string of the molecule is CCCCc1ncc(/C=C(/Cc2ccc(C)o2)C(=O)OCC)n1C(=O)OC(C)(C)C. The van der Waals surface area contributed by atoms with Crippen molar-refractivity contribution in [3.8, 4) is 0 Å². The van der Waals surface area contributed by atoms with Crippen LogP contribution in [0.4, 0.5) is 4.79 Å². The van der Waals surface area contributed by atoms with Crippen LogP contribution < -0.4 is 0 Å². The first-order chi connectivity index (χ1) is 14.1. The van der Waals surface area contributed by atoms with E-state index in [2.05, 4.69) is 11.9 Å². The summed E-state index contributed by atoms with van der Waals surface area (Å²) in [6.45, 7) is 11.4. The van der Waals surface area contributed by atoms with Crippen molar-refractivity contribution < 1.29 is 23.5 Å². The third kappa shape index (κ3) is 6.61. The standard InChI is InChI=1S/C23H32N2O5/c1-7-9-10-20-24-15-18(25(20)22(27)30-23(4,5)6)13-17(21(26)28-8-2)14-19-12-11-16(3)29-19/h11-13,15H,7-10,14H2,1-6H3/b17-13-. The number of rotatable bonds is 8. The molecule has 0 unspecified atom stereocenters. The summed E-state index contributed by atoms with van der Waals surface area (Å²) in [6.07, 6.45) is 5.43. The molecule has 0 aliphatic heterocycles. The fourth-order valence-corrected chi connectivity index (χ4v) is 2.89. The van der Waals surface area contributed by atoms with Crippen molar-refractivity contribution in [2.45, 2.75) is 72.8 Å². The first kappa shape index (κ1) is 23.4. The summed E-state index contributed by atoms with van der Waals surface area (Å²) in [7, 11) is 0. The molecule has 0 amide bonds. The summed E-state index contributed by atoms with van der Waals surface area (Å²) in [5.41, 5.74) is 0.194. The van der Waals surface area contributed by atoms with Crippen LogP contribution in [0.5, 0.6) is 0 Å². The van der Waals surface area contributed by atoms with E-state index in [0.29, 0.717) is 29.3 Å². The molecule has 2 aromatic heterocycles. The number of hydrogen-bond acceptors (Lipinski definition) is 6. The van der Waals surface area contributed by atoms with Gasteiger partial charge in [0.2, 0.25) is 0 Å². The lowest BCUT2D eigenvalue weighted by molar-refractivity contribution is -0.138. The van der Waals surface area contributed by atoms with Gasteiger partial charge in [0.05, 0.1) is 18.5 Å². The van der Waals surface area contributed by atoms with E-state index in [1.807, 2.05) is 39.8 Å². The van der Waals surface area contributed by atoms with Crippen molar-refractivity contribution in [1.29, 1.82) is 0 Å². The fraction of sp³-hybridized carbons (Fsp3) is 0.522. The number of imidazole rings is 1. The molecule has 30 heavy (non-hydrogen) atoms. The van der Waals surface area contributed by atoms with Gasteiger partial charge in [-0.1, -0.05) is 13.3 Å². The van der Waals surface area contributed by atoms with Gasteiger partial charge in [0, 0.05) is 18.4 Å². The van der Waals surface area contributed by atoms with Gasteiger partial charge in [0.25, 0.3) is 0 Å². The summed E-state index contributed by atoms with van der Waals surface area (Å²) < 4.78 is 17.8. The average Bonchev–Trinajstić information content (AvgIpc) is 3.24. The largest absolute Gasteiger partial charge is 0.466 e. The number of carbonyl (C=O) groups excluding carboxylic acids is 2. The maximum atomic E-state index is 12.9. The van der Waals surface area contributed by atoms with Crippen LogP contribution in [0.15, 0.2) is 28.3 Å². The number of esters is 1. The lowest BCUT2D eigenvalue weighted by Crippen LogP contribution is -2.28. The van der Waals surface area contributed by atoms with Crippen LogP contribution in [0.3, 0.4) is 0 Å². The van der Waals surface area contributed by atoms with Gasteiger partial charge in [-0.25, -0.2) is 19.1 Å². The van der Waals surface area contributed by atoms with Crippen molar-refractivity contribution in [2.24, 2.45) is 0 Å². The number of nitrogens with zero attached hydrogens (tertiary/aromatic N) is 2. The van der Waals surface area contributed by atoms with E-state index in [0.717, 1.165) is 18.6 Å². The first-order valence-electron chi connectivity index (χ1n) is 10.4. The van der Waals surface area contributed by atoms with Crippen LogP contribution >= 0.6 is 0 Å². The first-order valence-corrected chi connectivity index (χ1v) is 10.4. The number of furan rings is 1. The minimum absolute atomic E-state index is 0.246. The van der Waals surface area contributed by atoms with E-state index < -0.39 is 17.7 Å². The van der Waals surface area contributed by atoms with Crippen molar-refractivity contribution in [1.82, 2.24) is 9.55 Å². The molecule has 2 heterocycles. The zero-order chi connectivity index (χ0) is 22.3. The predicted octanol–water partition coefficient (Wildman–Crippen LogP) is 5.10. The van der Waals surface area contributed by atoms with Crippen molar-refractivity contribution in [3.05, 3.63) is 46.9 Å². The molecule has 164 valence electrons. The van der Waals surface area contributed by atoms with E-state index in [9.17, 15) is 9.59 Å². The quantitative estimate of drug-likeness (QED) is 0.440. The number of aromatic nitrogens is 2. The minimum Gasteiger partial charge on any atom is -0.466 e. The molecule has 0 aliphatic carbocycles. The maximum Gasteiger partial charge on any atom is 0.420 e. The smallest absolute Gasteiger partial charge is 0.420 e. The van der Waals surface area contributed by atoms with Crippen molar-refractivity contribution in [3.63, 3.8) is 0 Å². The number of unbranched alkanes of at least 4 members (excludes halogenated alkanes) is 1. The van der Waals surface area contributed by atoms with Crippen LogP contribution in [0, 0.1) is 6.92 Å². The van der Waals surface area contributed by atoms with Gasteiger partial charge in [0.15, 0.2) is 0 Å². The number of aryl methyl sites for hydroxylation is 2. The molecule has 7 nitrogen and oxygen atoms in total. The van der Waals surface area contributed by atoms with E-state index in [-0.39, 0.29) is 13.0 Å². The Morgan fingerprint density at radius 1 is 1.23 bits per heavy atom. The Balaban J connectivity index is 2.47. The van der Waals surface area contributed by atoms with Gasteiger partial charge in [-0.15, -0.1) is 0 Å². The Morgan fingerprint density at radius 3 is 2.53 bits per heavy atom. The molecular weight excluding hydrogens is 384 g/mol. The second-order valence-corrected chi connectivity index (χ2v) is 8.10. The third-order valence-electron chi connectivity index (χ3n) is 4.21. The van der Waals surface area contributed by atoms with E-state index in [1.165, 1.54) is 4.57 Å². The lowest BCUT2D eigenvalue weighted by Gasteiger charge is -2.21. The molecule has 2 aromatic rings. The third-order valence-corrected chi connectivity index (χ3v) is 4.21. The Kier molecular flexibility index (Phi) is 8.03. The summed E-state index contributed by atoms with van der Waals surface area (Å²) in [6, 6.07) is 3.66. The molecule has 0 fully saturated rings. The molecule has 0 aromatic carbocycles. The highest BCUT2D eigenvalue weighted by Crippen LogP contribution is 2.20. The second kappa shape index (κ2) is 10.3. The Morgan fingerprint density at radius 2 is 1.97 bits per heavy atom. The van der Waals surface area contributed by atoms with Crippen LogP contribution in [0.25, 0.3) is 6.08 Å². The topological polar surface area (TPSA) is 83.6 Å². The van der Waals surface area contributed by atoms with E-state index in [4.69, 9.17) is 13.9 Å². The summed E-state index contributed by atoms with van der Waals surface area (Å²) in [5, 5.41) is 0. The lowest BCUT2D eigenvalue weighted by atomic mass is 10.1. The highest BCUT2D eigenvalue weighted by molar-refractivity contribution is 5.94. The normalized spacial score (nSPS) is 12.1. The highest BCUT2D eigenvalue weighted by atomic mass is 16.6. The van der Waals surface area contributed by atoms with Gasteiger partial charge in [-0.2, -0.15) is 0 Å². The van der Waals surface area contributed by atoms with Crippen molar-refractivity contribution >= 4 is 18.1 Å². The number of hydrogen-bond donors (Lipinski definition) is 0. The minimum atomic E-state index is -0.653. The zero-order valence-corrected chi connectivity index (χ0v) is 18.8. The van der Waals surface area contributed by atoms with Crippen LogP contribution in [0.2, 0.25) is 0 Å². The van der Waals surface area contributed by atoms with E-state index in [1.54, 1.807) is 19.2 Å². The number of carbonyl (C=O) groups is 2. The van der Waals surface area contributed by atoms with Crippen LogP contribution in [-0.4, -0.2) is 33.8 Å². The monoisotopic (exact) mass is 416 g/mol. The molecule has 0 radical (unpaired) electrons. The highest BCUT2D eigenvalue weighted by Gasteiger charge is 2.24. The molecular formula is C23H32N2O5. The van der Waals surface area contributed by atoms with Gasteiger partial charge >= 0.3 is 12.1 Å². The Bertz CT molecular complexity index is 899. The molecule has 7 heteroatoms. The summed E-state index contributed by atoms with van der Waals surface area (Å²) >= 11 is 0.